The topological polar surface area (TPSA) is 33.1 Å². The Hall–Kier alpha value is -1.03. The molecule has 0 aromatic carbocycles. The molecule has 2 aliphatic rings. The van der Waals surface area contributed by atoms with Gasteiger partial charge in [0.05, 0.1) is 0 Å². The van der Waals surface area contributed by atoms with Crippen LogP contribution in [0.3, 0.4) is 0 Å². The Bertz CT molecular complexity index is 363. The van der Waals surface area contributed by atoms with Gasteiger partial charge < -0.3 is 14.8 Å². The minimum Gasteiger partial charge on any atom is -0.353 e. The first-order valence-electron chi connectivity index (χ1n) is 6.84. The predicted molar refractivity (Wildman–Crippen MR) is 69.3 cm³/mol. The highest BCUT2D eigenvalue weighted by Crippen LogP contribution is 2.25. The first kappa shape index (κ1) is 11.1. The van der Waals surface area contributed by atoms with Crippen molar-refractivity contribution in [3.63, 3.8) is 0 Å². The van der Waals surface area contributed by atoms with E-state index in [0.717, 1.165) is 12.5 Å². The number of aromatic nitrogens is 2. The van der Waals surface area contributed by atoms with Gasteiger partial charge in [0.15, 0.2) is 0 Å². The first-order valence-corrected chi connectivity index (χ1v) is 6.84. The van der Waals surface area contributed by atoms with Gasteiger partial charge in [-0.05, 0) is 45.7 Å². The summed E-state index contributed by atoms with van der Waals surface area (Å²) in [7, 11) is 0. The molecule has 1 N–H and O–H groups in total. The summed E-state index contributed by atoms with van der Waals surface area (Å²) in [5, 5.41) is 3.50. The van der Waals surface area contributed by atoms with Gasteiger partial charge in [-0.15, -0.1) is 0 Å². The minimum atomic E-state index is 0.511. The number of rotatable bonds is 5. The van der Waals surface area contributed by atoms with Crippen LogP contribution < -0.4 is 5.32 Å². The SMILES string of the molecule is CC(CN1CCCC1)n1ccnc1NC1CC1. The maximum atomic E-state index is 4.43. The fraction of sp³-hybridized carbons (Fsp3) is 0.769. The molecule has 0 amide bonds. The molecule has 0 radical (unpaired) electrons. The first-order chi connectivity index (χ1) is 8.33. The highest BCUT2D eigenvalue weighted by molar-refractivity contribution is 5.30. The molecule has 1 unspecified atom stereocenters. The number of anilines is 1. The van der Waals surface area contributed by atoms with Crippen molar-refractivity contribution in [2.24, 2.45) is 0 Å². The number of likely N-dealkylation sites (tertiary alicyclic amines) is 1. The second kappa shape index (κ2) is 4.69. The van der Waals surface area contributed by atoms with Gasteiger partial charge in [-0.1, -0.05) is 0 Å². The fourth-order valence-corrected chi connectivity index (χ4v) is 2.62. The smallest absolute Gasteiger partial charge is 0.203 e. The summed E-state index contributed by atoms with van der Waals surface area (Å²) in [6.07, 6.45) is 9.34. The van der Waals surface area contributed by atoms with E-state index in [1.807, 2.05) is 6.20 Å². The van der Waals surface area contributed by atoms with Crippen LogP contribution in [0.25, 0.3) is 0 Å². The van der Waals surface area contributed by atoms with Crippen LogP contribution in [-0.4, -0.2) is 40.1 Å². The number of nitrogens with one attached hydrogen (secondary N) is 1. The van der Waals surface area contributed by atoms with E-state index in [0.29, 0.717) is 12.1 Å². The van der Waals surface area contributed by atoms with Crippen molar-refractivity contribution in [2.45, 2.75) is 44.7 Å². The van der Waals surface area contributed by atoms with Crippen LogP contribution >= 0.6 is 0 Å². The van der Waals surface area contributed by atoms with Crippen molar-refractivity contribution >= 4 is 5.95 Å². The van der Waals surface area contributed by atoms with Crippen LogP contribution in [0.15, 0.2) is 12.4 Å². The van der Waals surface area contributed by atoms with E-state index in [-0.39, 0.29) is 0 Å². The zero-order chi connectivity index (χ0) is 11.7. The van der Waals surface area contributed by atoms with Gasteiger partial charge in [0.25, 0.3) is 0 Å². The van der Waals surface area contributed by atoms with E-state index in [2.05, 4.69) is 32.9 Å². The molecule has 4 heteroatoms. The third-order valence-electron chi connectivity index (χ3n) is 3.78. The number of imidazole rings is 1. The van der Waals surface area contributed by atoms with Crippen LogP contribution in [0.2, 0.25) is 0 Å². The van der Waals surface area contributed by atoms with E-state index in [1.165, 1.54) is 38.8 Å². The molecule has 1 aromatic rings. The van der Waals surface area contributed by atoms with Gasteiger partial charge in [-0.2, -0.15) is 0 Å². The molecule has 1 aliphatic heterocycles. The Morgan fingerprint density at radius 2 is 2.18 bits per heavy atom. The normalized spacial score (nSPS) is 22.9. The van der Waals surface area contributed by atoms with Crippen molar-refractivity contribution in [1.82, 2.24) is 14.5 Å². The van der Waals surface area contributed by atoms with Crippen molar-refractivity contribution in [3.05, 3.63) is 12.4 Å². The highest BCUT2D eigenvalue weighted by atomic mass is 15.3. The quantitative estimate of drug-likeness (QED) is 0.847. The summed E-state index contributed by atoms with van der Waals surface area (Å²) in [6, 6.07) is 1.19. The Morgan fingerprint density at radius 3 is 2.88 bits per heavy atom. The maximum absolute atomic E-state index is 4.43. The zero-order valence-corrected chi connectivity index (χ0v) is 10.6. The molecule has 2 fully saturated rings. The van der Waals surface area contributed by atoms with Crippen molar-refractivity contribution in [1.29, 1.82) is 0 Å². The lowest BCUT2D eigenvalue weighted by atomic mass is 10.3. The second-order valence-corrected chi connectivity index (χ2v) is 5.43. The van der Waals surface area contributed by atoms with Crippen LogP contribution in [0.5, 0.6) is 0 Å². The molecule has 4 nitrogen and oxygen atoms in total. The largest absolute Gasteiger partial charge is 0.353 e. The maximum Gasteiger partial charge on any atom is 0.203 e. The van der Waals surface area contributed by atoms with Crippen LogP contribution in [0.4, 0.5) is 5.95 Å². The Kier molecular flexibility index (Phi) is 3.05. The lowest BCUT2D eigenvalue weighted by Crippen LogP contribution is -2.27. The number of hydrogen-bond acceptors (Lipinski definition) is 3. The van der Waals surface area contributed by atoms with Gasteiger partial charge in [0.1, 0.15) is 0 Å². The molecular formula is C13H22N4. The number of hydrogen-bond donors (Lipinski definition) is 1. The Balaban J connectivity index is 1.62. The summed E-state index contributed by atoms with van der Waals surface area (Å²) >= 11 is 0. The predicted octanol–water partition coefficient (Wildman–Crippen LogP) is 2.11. The zero-order valence-electron chi connectivity index (χ0n) is 10.6. The van der Waals surface area contributed by atoms with Crippen molar-refractivity contribution in [3.8, 4) is 0 Å². The highest BCUT2D eigenvalue weighted by Gasteiger charge is 2.24. The molecular weight excluding hydrogens is 212 g/mol. The second-order valence-electron chi connectivity index (χ2n) is 5.43. The van der Waals surface area contributed by atoms with E-state index < -0.39 is 0 Å². The van der Waals surface area contributed by atoms with Crippen LogP contribution in [0, 0.1) is 0 Å². The minimum absolute atomic E-state index is 0.511. The molecule has 3 rings (SSSR count). The summed E-state index contributed by atoms with van der Waals surface area (Å²) in [6.45, 7) is 5.97. The average molecular weight is 234 g/mol. The van der Waals surface area contributed by atoms with Crippen LogP contribution in [0.1, 0.15) is 38.6 Å². The fourth-order valence-electron chi connectivity index (χ4n) is 2.62. The van der Waals surface area contributed by atoms with Gasteiger partial charge in [-0.25, -0.2) is 4.98 Å². The molecule has 1 saturated carbocycles. The van der Waals surface area contributed by atoms with Gasteiger partial charge in [0, 0.05) is 31.0 Å². The molecule has 17 heavy (non-hydrogen) atoms. The monoisotopic (exact) mass is 234 g/mol. The molecule has 0 spiro atoms. The lowest BCUT2D eigenvalue weighted by molar-refractivity contribution is 0.289. The van der Waals surface area contributed by atoms with E-state index >= 15 is 0 Å². The molecule has 2 heterocycles. The van der Waals surface area contributed by atoms with Crippen molar-refractivity contribution < 1.29 is 0 Å². The molecule has 94 valence electrons. The van der Waals surface area contributed by atoms with E-state index in [9.17, 15) is 0 Å². The average Bonchev–Trinajstić information content (AvgIpc) is 2.80. The molecule has 1 aliphatic carbocycles. The molecule has 1 aromatic heterocycles. The van der Waals surface area contributed by atoms with Gasteiger partial charge in [0.2, 0.25) is 5.95 Å². The third-order valence-corrected chi connectivity index (χ3v) is 3.78. The Labute approximate surface area is 103 Å². The molecule has 1 atom stereocenters. The van der Waals surface area contributed by atoms with Gasteiger partial charge in [-0.3, -0.25) is 0 Å². The number of nitrogens with zero attached hydrogens (tertiary/aromatic N) is 3. The summed E-state index contributed by atoms with van der Waals surface area (Å²) in [5.74, 6) is 1.05. The Morgan fingerprint density at radius 1 is 1.41 bits per heavy atom. The van der Waals surface area contributed by atoms with E-state index in [1.54, 1.807) is 0 Å². The van der Waals surface area contributed by atoms with E-state index in [4.69, 9.17) is 0 Å². The summed E-state index contributed by atoms with van der Waals surface area (Å²) in [5.41, 5.74) is 0. The summed E-state index contributed by atoms with van der Waals surface area (Å²) in [4.78, 5) is 6.99. The van der Waals surface area contributed by atoms with Crippen molar-refractivity contribution in [2.75, 3.05) is 25.0 Å². The van der Waals surface area contributed by atoms with Crippen LogP contribution in [-0.2, 0) is 0 Å². The summed E-state index contributed by atoms with van der Waals surface area (Å²) < 4.78 is 2.29. The standard InChI is InChI=1S/C13H22N4/c1-11(10-16-7-2-3-8-16)17-9-6-14-13(17)15-12-4-5-12/h6,9,11-12H,2-5,7-8,10H2,1H3,(H,14,15). The molecule has 1 saturated heterocycles. The van der Waals surface area contributed by atoms with Gasteiger partial charge >= 0.3 is 0 Å². The lowest BCUT2D eigenvalue weighted by Gasteiger charge is -2.22. The third kappa shape index (κ3) is 2.63. The molecule has 0 bridgehead atoms.